The molecule has 2 aromatic rings. The summed E-state index contributed by atoms with van der Waals surface area (Å²) in [6.45, 7) is 3.89. The van der Waals surface area contributed by atoms with Crippen molar-refractivity contribution in [1.82, 2.24) is 5.32 Å². The third kappa shape index (κ3) is 6.37. The SMILES string of the molecule is CC(C)CC(=O)NC1(C(=O)Nc2ccc(COC(=O)Oc3ccc(N=O)cc3)cc2)CC1. The Balaban J connectivity index is 1.46. The molecule has 0 radical (unpaired) electrons. The predicted octanol–water partition coefficient (Wildman–Crippen LogP) is 4.43. The molecular formula is C23H25N3O6. The second kappa shape index (κ2) is 10.0. The molecule has 0 heterocycles. The molecule has 1 saturated carbocycles. The Hall–Kier alpha value is -3.75. The highest BCUT2D eigenvalue weighted by Gasteiger charge is 2.51. The zero-order chi connectivity index (χ0) is 23.1. The summed E-state index contributed by atoms with van der Waals surface area (Å²) in [7, 11) is 0. The molecule has 0 atom stereocenters. The van der Waals surface area contributed by atoms with Crippen LogP contribution in [0.2, 0.25) is 0 Å². The van der Waals surface area contributed by atoms with Gasteiger partial charge in [-0.1, -0.05) is 26.0 Å². The van der Waals surface area contributed by atoms with Crippen molar-refractivity contribution in [2.45, 2.75) is 45.3 Å². The number of nitroso groups, excluding NO2 is 1. The van der Waals surface area contributed by atoms with Gasteiger partial charge in [-0.15, -0.1) is 4.91 Å². The van der Waals surface area contributed by atoms with Crippen LogP contribution in [-0.4, -0.2) is 23.5 Å². The van der Waals surface area contributed by atoms with E-state index < -0.39 is 11.7 Å². The Labute approximate surface area is 185 Å². The van der Waals surface area contributed by atoms with Crippen molar-refractivity contribution >= 4 is 29.3 Å². The summed E-state index contributed by atoms with van der Waals surface area (Å²) in [6, 6.07) is 12.5. The van der Waals surface area contributed by atoms with E-state index in [2.05, 4.69) is 15.8 Å². The number of amides is 2. The van der Waals surface area contributed by atoms with E-state index in [0.29, 0.717) is 30.5 Å². The number of hydrogen-bond acceptors (Lipinski definition) is 7. The van der Waals surface area contributed by atoms with E-state index in [0.717, 1.165) is 0 Å². The van der Waals surface area contributed by atoms with Gasteiger partial charge in [0.1, 0.15) is 23.6 Å². The summed E-state index contributed by atoms with van der Waals surface area (Å²) in [6.07, 6.45) is 0.728. The average Bonchev–Trinajstić information content (AvgIpc) is 3.54. The van der Waals surface area contributed by atoms with Crippen LogP contribution in [0.1, 0.15) is 38.7 Å². The lowest BCUT2D eigenvalue weighted by molar-refractivity contribution is -0.127. The molecule has 1 aliphatic rings. The monoisotopic (exact) mass is 439 g/mol. The third-order valence-electron chi connectivity index (χ3n) is 4.87. The van der Waals surface area contributed by atoms with Crippen molar-refractivity contribution in [2.75, 3.05) is 5.32 Å². The molecule has 0 bridgehead atoms. The fraction of sp³-hybridized carbons (Fsp3) is 0.348. The van der Waals surface area contributed by atoms with Gasteiger partial charge in [0.2, 0.25) is 11.8 Å². The van der Waals surface area contributed by atoms with Gasteiger partial charge >= 0.3 is 6.16 Å². The molecule has 0 unspecified atom stereocenters. The first-order valence-electron chi connectivity index (χ1n) is 10.3. The molecule has 168 valence electrons. The zero-order valence-corrected chi connectivity index (χ0v) is 17.9. The summed E-state index contributed by atoms with van der Waals surface area (Å²) in [5, 5.41) is 8.43. The highest BCUT2D eigenvalue weighted by molar-refractivity contribution is 6.02. The Morgan fingerprint density at radius 3 is 2.25 bits per heavy atom. The van der Waals surface area contributed by atoms with E-state index in [4.69, 9.17) is 9.47 Å². The summed E-state index contributed by atoms with van der Waals surface area (Å²) in [4.78, 5) is 46.8. The second-order valence-corrected chi connectivity index (χ2v) is 8.11. The molecule has 0 aliphatic heterocycles. The molecule has 0 spiro atoms. The van der Waals surface area contributed by atoms with Gasteiger partial charge in [0.25, 0.3) is 0 Å². The van der Waals surface area contributed by atoms with Crippen LogP contribution in [0.4, 0.5) is 16.2 Å². The largest absolute Gasteiger partial charge is 0.514 e. The maximum absolute atomic E-state index is 12.6. The molecule has 9 heteroatoms. The first-order chi connectivity index (χ1) is 15.3. The molecule has 32 heavy (non-hydrogen) atoms. The highest BCUT2D eigenvalue weighted by atomic mass is 16.7. The number of carbonyl (C=O) groups is 3. The Bertz CT molecular complexity index is 982. The van der Waals surface area contributed by atoms with Gasteiger partial charge in [-0.2, -0.15) is 0 Å². The van der Waals surface area contributed by atoms with Gasteiger partial charge in [0.05, 0.1) is 0 Å². The van der Waals surface area contributed by atoms with E-state index in [1.54, 1.807) is 24.3 Å². The van der Waals surface area contributed by atoms with Crippen LogP contribution in [-0.2, 0) is 20.9 Å². The smallest absolute Gasteiger partial charge is 0.429 e. The fourth-order valence-corrected chi connectivity index (χ4v) is 3.00. The van der Waals surface area contributed by atoms with Crippen molar-refractivity contribution in [3.63, 3.8) is 0 Å². The minimum atomic E-state index is -0.887. The molecule has 2 N–H and O–H groups in total. The van der Waals surface area contributed by atoms with Crippen molar-refractivity contribution in [2.24, 2.45) is 11.1 Å². The van der Waals surface area contributed by atoms with E-state index in [1.807, 2.05) is 13.8 Å². The van der Waals surface area contributed by atoms with Crippen LogP contribution in [0, 0.1) is 10.8 Å². The van der Waals surface area contributed by atoms with Crippen LogP contribution in [0.15, 0.2) is 53.7 Å². The predicted molar refractivity (Wildman–Crippen MR) is 117 cm³/mol. The maximum atomic E-state index is 12.6. The summed E-state index contributed by atoms with van der Waals surface area (Å²) in [5.41, 5.74) is 0.683. The lowest BCUT2D eigenvalue weighted by Gasteiger charge is -2.18. The molecular weight excluding hydrogens is 414 g/mol. The number of nitrogens with one attached hydrogen (secondary N) is 2. The average molecular weight is 439 g/mol. The normalized spacial score (nSPS) is 13.7. The van der Waals surface area contributed by atoms with Crippen LogP contribution in [0.5, 0.6) is 5.75 Å². The van der Waals surface area contributed by atoms with Gasteiger partial charge < -0.3 is 20.1 Å². The molecule has 1 aliphatic carbocycles. The lowest BCUT2D eigenvalue weighted by Crippen LogP contribution is -2.46. The van der Waals surface area contributed by atoms with Crippen LogP contribution in [0.25, 0.3) is 0 Å². The number of hydrogen-bond donors (Lipinski definition) is 2. The van der Waals surface area contributed by atoms with Gasteiger partial charge in [-0.05, 0) is 65.9 Å². The molecule has 3 rings (SSSR count). The minimum Gasteiger partial charge on any atom is -0.429 e. The van der Waals surface area contributed by atoms with Crippen molar-refractivity contribution < 1.29 is 23.9 Å². The third-order valence-corrected chi connectivity index (χ3v) is 4.87. The van der Waals surface area contributed by atoms with Crippen LogP contribution in [0.3, 0.4) is 0 Å². The first-order valence-corrected chi connectivity index (χ1v) is 10.3. The van der Waals surface area contributed by atoms with E-state index >= 15 is 0 Å². The molecule has 1 fully saturated rings. The van der Waals surface area contributed by atoms with Crippen molar-refractivity contribution in [3.05, 3.63) is 59.0 Å². The van der Waals surface area contributed by atoms with E-state index in [-0.39, 0.29) is 35.8 Å². The van der Waals surface area contributed by atoms with Crippen LogP contribution < -0.4 is 15.4 Å². The van der Waals surface area contributed by atoms with Gasteiger partial charge in [-0.3, -0.25) is 9.59 Å². The van der Waals surface area contributed by atoms with Crippen molar-refractivity contribution in [3.8, 4) is 5.75 Å². The molecule has 2 amide bonds. The number of benzene rings is 2. The van der Waals surface area contributed by atoms with Gasteiger partial charge in [0, 0.05) is 12.1 Å². The molecule has 9 nitrogen and oxygen atoms in total. The number of ether oxygens (including phenoxy) is 2. The molecule has 0 aromatic heterocycles. The summed E-state index contributed by atoms with van der Waals surface area (Å²) in [5.74, 6) is 0.0949. The Morgan fingerprint density at radius 2 is 1.69 bits per heavy atom. The lowest BCUT2D eigenvalue weighted by atomic mass is 10.1. The summed E-state index contributed by atoms with van der Waals surface area (Å²) < 4.78 is 10.1. The number of anilines is 1. The molecule has 2 aromatic carbocycles. The van der Waals surface area contributed by atoms with E-state index in [1.165, 1.54) is 24.3 Å². The standard InChI is InChI=1S/C23H25N3O6/c1-15(2)13-20(27)25-23(11-12-23)21(28)24-17-5-3-16(4-6-17)14-31-22(29)32-19-9-7-18(26-30)8-10-19/h3-10,15H,11-14H2,1-2H3,(H,24,28)(H,25,27). The Morgan fingerprint density at radius 1 is 1.03 bits per heavy atom. The summed E-state index contributed by atoms with van der Waals surface area (Å²) >= 11 is 0. The number of carbonyl (C=O) groups excluding carboxylic acids is 3. The number of nitrogens with zero attached hydrogens (tertiary/aromatic N) is 1. The highest BCUT2D eigenvalue weighted by Crippen LogP contribution is 2.36. The van der Waals surface area contributed by atoms with Crippen LogP contribution >= 0.6 is 0 Å². The minimum absolute atomic E-state index is 0.0176. The first kappa shape index (κ1) is 22.9. The van der Waals surface area contributed by atoms with Crippen molar-refractivity contribution in [1.29, 1.82) is 0 Å². The zero-order valence-electron chi connectivity index (χ0n) is 17.9. The van der Waals surface area contributed by atoms with Gasteiger partial charge in [-0.25, -0.2) is 4.79 Å². The topological polar surface area (TPSA) is 123 Å². The quantitative estimate of drug-likeness (QED) is 0.338. The van der Waals surface area contributed by atoms with E-state index in [9.17, 15) is 19.3 Å². The van der Waals surface area contributed by atoms with Gasteiger partial charge in [0.15, 0.2) is 0 Å². The molecule has 0 saturated heterocycles. The second-order valence-electron chi connectivity index (χ2n) is 8.11. The maximum Gasteiger partial charge on any atom is 0.514 e. The number of rotatable bonds is 9. The fourth-order valence-electron chi connectivity index (χ4n) is 3.00. The Kier molecular flexibility index (Phi) is 7.19.